The first-order valence-corrected chi connectivity index (χ1v) is 12.1. The van der Waals surface area contributed by atoms with Gasteiger partial charge in [-0.05, 0) is 74.8 Å². The van der Waals surface area contributed by atoms with E-state index in [-0.39, 0.29) is 29.8 Å². The number of fused-ring (bicyclic) bond motifs is 1. The van der Waals surface area contributed by atoms with E-state index in [1.807, 2.05) is 48.2 Å². The third-order valence-corrected chi connectivity index (χ3v) is 7.32. The van der Waals surface area contributed by atoms with Gasteiger partial charge in [-0.3, -0.25) is 14.4 Å². The van der Waals surface area contributed by atoms with Crippen molar-refractivity contribution in [2.75, 3.05) is 5.32 Å². The lowest BCUT2D eigenvalue weighted by Crippen LogP contribution is -2.47. The molecule has 1 heterocycles. The highest BCUT2D eigenvalue weighted by Crippen LogP contribution is 2.41. The molecule has 2 saturated carbocycles. The van der Waals surface area contributed by atoms with Gasteiger partial charge in [-0.2, -0.15) is 0 Å². The van der Waals surface area contributed by atoms with Crippen molar-refractivity contribution < 1.29 is 14.4 Å². The van der Waals surface area contributed by atoms with Gasteiger partial charge in [0.05, 0.1) is 0 Å². The Hall–Kier alpha value is -3.15. The zero-order valence-electron chi connectivity index (χ0n) is 19.0. The predicted octanol–water partition coefficient (Wildman–Crippen LogP) is 4.30. The molecule has 2 N–H and O–H groups in total. The fourth-order valence-corrected chi connectivity index (χ4v) is 5.33. The van der Waals surface area contributed by atoms with E-state index in [1.165, 1.54) is 0 Å². The van der Waals surface area contributed by atoms with Crippen molar-refractivity contribution in [1.82, 2.24) is 10.2 Å². The Labute approximate surface area is 194 Å². The molecular formula is C27H31N3O3. The fourth-order valence-electron chi connectivity index (χ4n) is 5.33. The topological polar surface area (TPSA) is 78.5 Å². The van der Waals surface area contributed by atoms with Gasteiger partial charge in [-0.1, -0.05) is 37.1 Å². The summed E-state index contributed by atoms with van der Waals surface area (Å²) >= 11 is 0. The third-order valence-electron chi connectivity index (χ3n) is 7.32. The van der Waals surface area contributed by atoms with Crippen molar-refractivity contribution in [2.24, 2.45) is 5.92 Å². The Morgan fingerprint density at radius 3 is 2.42 bits per heavy atom. The zero-order chi connectivity index (χ0) is 22.9. The number of nitrogens with zero attached hydrogens (tertiary/aromatic N) is 1. The van der Waals surface area contributed by atoms with Gasteiger partial charge in [0, 0.05) is 28.9 Å². The van der Waals surface area contributed by atoms with Gasteiger partial charge in [0.2, 0.25) is 5.91 Å². The summed E-state index contributed by atoms with van der Waals surface area (Å²) in [6.45, 7) is 1.92. The van der Waals surface area contributed by atoms with E-state index in [4.69, 9.17) is 0 Å². The van der Waals surface area contributed by atoms with Crippen LogP contribution in [0.4, 0.5) is 5.69 Å². The molecule has 6 heteroatoms. The van der Waals surface area contributed by atoms with Crippen LogP contribution in [0.25, 0.3) is 0 Å². The fraction of sp³-hybridized carbons (Fsp3) is 0.444. The molecule has 0 bridgehead atoms. The van der Waals surface area contributed by atoms with Crippen LogP contribution in [-0.4, -0.2) is 40.7 Å². The molecule has 0 radical (unpaired) electrons. The number of carbonyl (C=O) groups is 3. The van der Waals surface area contributed by atoms with Crippen molar-refractivity contribution in [2.45, 2.75) is 70.0 Å². The largest absolute Gasteiger partial charge is 0.349 e. The summed E-state index contributed by atoms with van der Waals surface area (Å²) in [4.78, 5) is 41.3. The molecule has 0 aromatic heterocycles. The first-order chi connectivity index (χ1) is 16.0. The van der Waals surface area contributed by atoms with E-state index in [0.29, 0.717) is 29.2 Å². The van der Waals surface area contributed by atoms with Crippen LogP contribution in [0.2, 0.25) is 0 Å². The minimum absolute atomic E-state index is 0.0700. The van der Waals surface area contributed by atoms with Gasteiger partial charge in [-0.25, -0.2) is 0 Å². The molecule has 3 atom stereocenters. The predicted molar refractivity (Wildman–Crippen MR) is 127 cm³/mol. The van der Waals surface area contributed by atoms with Crippen LogP contribution < -0.4 is 10.6 Å². The van der Waals surface area contributed by atoms with Gasteiger partial charge in [0.1, 0.15) is 6.04 Å². The van der Waals surface area contributed by atoms with E-state index < -0.39 is 6.04 Å². The molecule has 2 aromatic carbocycles. The number of benzene rings is 2. The van der Waals surface area contributed by atoms with E-state index in [2.05, 4.69) is 10.6 Å². The average Bonchev–Trinajstić information content (AvgIpc) is 3.56. The van der Waals surface area contributed by atoms with Crippen molar-refractivity contribution >= 4 is 23.4 Å². The molecule has 2 aliphatic carbocycles. The van der Waals surface area contributed by atoms with Gasteiger partial charge >= 0.3 is 0 Å². The van der Waals surface area contributed by atoms with Crippen LogP contribution in [-0.2, 0) is 4.79 Å². The van der Waals surface area contributed by atoms with Crippen LogP contribution >= 0.6 is 0 Å². The van der Waals surface area contributed by atoms with E-state index in [9.17, 15) is 14.4 Å². The van der Waals surface area contributed by atoms with E-state index in [0.717, 1.165) is 44.1 Å². The van der Waals surface area contributed by atoms with Crippen molar-refractivity contribution in [3.8, 4) is 0 Å². The number of aryl methyl sites for hydroxylation is 1. The van der Waals surface area contributed by atoms with Crippen LogP contribution in [0.5, 0.6) is 0 Å². The molecule has 2 aromatic rings. The summed E-state index contributed by atoms with van der Waals surface area (Å²) in [5, 5.41) is 6.04. The number of likely N-dealkylation sites (tertiary alicyclic amines) is 1. The normalized spacial score (nSPS) is 24.2. The van der Waals surface area contributed by atoms with Crippen LogP contribution in [0.3, 0.4) is 0 Å². The lowest BCUT2D eigenvalue weighted by molar-refractivity contribution is -0.120. The summed E-state index contributed by atoms with van der Waals surface area (Å²) in [6, 6.07) is 14.5. The van der Waals surface area contributed by atoms with Gasteiger partial charge in [0.15, 0.2) is 0 Å². The molecule has 3 amide bonds. The van der Waals surface area contributed by atoms with Gasteiger partial charge in [-0.15, -0.1) is 0 Å². The van der Waals surface area contributed by atoms with Crippen LogP contribution in [0.1, 0.15) is 71.2 Å². The summed E-state index contributed by atoms with van der Waals surface area (Å²) in [5.74, 6) is 0.00986. The van der Waals surface area contributed by atoms with Gasteiger partial charge in [0.25, 0.3) is 11.8 Å². The maximum Gasteiger partial charge on any atom is 0.254 e. The third kappa shape index (κ3) is 4.52. The maximum absolute atomic E-state index is 13.5. The second-order valence-electron chi connectivity index (χ2n) is 9.71. The van der Waals surface area contributed by atoms with Crippen LogP contribution in [0.15, 0.2) is 48.5 Å². The first kappa shape index (κ1) is 21.7. The number of nitrogens with one attached hydrogen (secondary N) is 2. The number of carbonyl (C=O) groups excluding carboxylic acids is 3. The van der Waals surface area contributed by atoms with Gasteiger partial charge < -0.3 is 15.5 Å². The van der Waals surface area contributed by atoms with E-state index in [1.54, 1.807) is 12.1 Å². The second kappa shape index (κ2) is 9.00. The lowest BCUT2D eigenvalue weighted by Gasteiger charge is -2.33. The summed E-state index contributed by atoms with van der Waals surface area (Å²) in [5.41, 5.74) is 2.68. The summed E-state index contributed by atoms with van der Waals surface area (Å²) < 4.78 is 0. The van der Waals surface area contributed by atoms with Crippen LogP contribution in [0, 0.1) is 12.8 Å². The highest BCUT2D eigenvalue weighted by Gasteiger charge is 2.47. The molecule has 3 unspecified atom stereocenters. The minimum atomic E-state index is -0.505. The molecule has 5 rings (SSSR count). The monoisotopic (exact) mass is 445 g/mol. The minimum Gasteiger partial charge on any atom is -0.349 e. The average molecular weight is 446 g/mol. The Morgan fingerprint density at radius 1 is 0.909 bits per heavy atom. The standard InChI is InChI=1S/C27H31N3O3/c1-17-11-12-20(25(31)28-21-13-14-21)15-22(17)29-26(32)24-16-19-9-5-6-10-23(19)30(24)27(33)18-7-3-2-4-8-18/h2-4,7-8,11-12,15,19,21,23-24H,5-6,9-10,13-14,16H2,1H3,(H,28,31)(H,29,32). The van der Waals surface area contributed by atoms with Crippen molar-refractivity contribution in [1.29, 1.82) is 0 Å². The SMILES string of the molecule is Cc1ccc(C(=O)NC2CC2)cc1NC(=O)C1CC2CCCCC2N1C(=O)c1ccccc1. The molecule has 1 aliphatic heterocycles. The quantitative estimate of drug-likeness (QED) is 0.720. The second-order valence-corrected chi connectivity index (χ2v) is 9.71. The molecule has 3 aliphatic rings. The first-order valence-electron chi connectivity index (χ1n) is 12.1. The molecule has 6 nitrogen and oxygen atoms in total. The van der Waals surface area contributed by atoms with Crippen molar-refractivity contribution in [3.05, 3.63) is 65.2 Å². The Morgan fingerprint density at radius 2 is 1.67 bits per heavy atom. The maximum atomic E-state index is 13.5. The summed E-state index contributed by atoms with van der Waals surface area (Å²) in [6.07, 6.45) is 6.99. The molecule has 3 fully saturated rings. The molecule has 0 spiro atoms. The molecule has 1 saturated heterocycles. The Bertz CT molecular complexity index is 1060. The number of hydrogen-bond donors (Lipinski definition) is 2. The lowest BCUT2D eigenvalue weighted by atomic mass is 9.84. The van der Waals surface area contributed by atoms with E-state index >= 15 is 0 Å². The summed E-state index contributed by atoms with van der Waals surface area (Å²) in [7, 11) is 0. The Balaban J connectivity index is 1.38. The number of hydrogen-bond acceptors (Lipinski definition) is 3. The smallest absolute Gasteiger partial charge is 0.254 e. The molecule has 33 heavy (non-hydrogen) atoms. The number of rotatable bonds is 5. The number of anilines is 1. The molecular weight excluding hydrogens is 414 g/mol. The highest BCUT2D eigenvalue weighted by molar-refractivity contribution is 6.03. The highest BCUT2D eigenvalue weighted by atomic mass is 16.2. The number of amides is 3. The Kier molecular flexibility index (Phi) is 5.92. The zero-order valence-corrected chi connectivity index (χ0v) is 19.0. The van der Waals surface area contributed by atoms with Crippen molar-refractivity contribution in [3.63, 3.8) is 0 Å². The molecule has 172 valence electrons.